The molecule has 0 spiro atoms. The van der Waals surface area contributed by atoms with Crippen LogP contribution in [0.1, 0.15) is 25.3 Å². The van der Waals surface area contributed by atoms with E-state index >= 15 is 0 Å². The van der Waals surface area contributed by atoms with Gasteiger partial charge in [-0.2, -0.15) is 0 Å². The molecule has 2 N–H and O–H groups in total. The molecular weight excluding hydrogens is 398 g/mol. The molecule has 1 aliphatic heterocycles. The summed E-state index contributed by atoms with van der Waals surface area (Å²) in [6.45, 7) is 1.45. The van der Waals surface area contributed by atoms with E-state index < -0.39 is 18.5 Å². The van der Waals surface area contributed by atoms with Crippen LogP contribution in [0.25, 0.3) is 0 Å². The van der Waals surface area contributed by atoms with Crippen LogP contribution in [0.5, 0.6) is 0 Å². The van der Waals surface area contributed by atoms with E-state index in [1.165, 1.54) is 4.90 Å². The Morgan fingerprint density at radius 1 is 1.10 bits per heavy atom. The molecule has 0 fully saturated rings. The number of hydrogen-bond acceptors (Lipinski definition) is 5. The number of hydrogen-bond donors (Lipinski definition) is 2. The van der Waals surface area contributed by atoms with E-state index in [1.807, 2.05) is 30.3 Å². The number of ether oxygens (including phenoxy) is 1. The van der Waals surface area contributed by atoms with E-state index in [-0.39, 0.29) is 43.7 Å². The first-order valence-electron chi connectivity index (χ1n) is 10.1. The fraction of sp³-hybridized carbons (Fsp3) is 0.304. The number of carbonyl (C=O) groups excluding carboxylic acids is 4. The van der Waals surface area contributed by atoms with Crippen LogP contribution < -0.4 is 15.5 Å². The number of benzene rings is 2. The second-order valence-corrected chi connectivity index (χ2v) is 7.31. The third-order valence-electron chi connectivity index (χ3n) is 4.84. The number of rotatable bonds is 7. The molecule has 8 nitrogen and oxygen atoms in total. The maximum Gasteiger partial charge on any atom is 0.308 e. The second-order valence-electron chi connectivity index (χ2n) is 7.31. The van der Waals surface area contributed by atoms with Gasteiger partial charge in [0, 0.05) is 19.0 Å². The topological polar surface area (TPSA) is 105 Å². The third kappa shape index (κ3) is 6.15. The van der Waals surface area contributed by atoms with Gasteiger partial charge >= 0.3 is 5.97 Å². The minimum atomic E-state index is -0.585. The Bertz CT molecular complexity index is 961. The number of para-hydroxylation sites is 2. The SMILES string of the molecule is CC1CC(=O)Nc2ccccc2N1C(=O)COC(=O)CCNC(=O)Cc1ccccc1. The maximum atomic E-state index is 12.8. The second kappa shape index (κ2) is 10.4. The van der Waals surface area contributed by atoms with Gasteiger partial charge in [0.15, 0.2) is 6.61 Å². The van der Waals surface area contributed by atoms with Gasteiger partial charge in [-0.1, -0.05) is 42.5 Å². The summed E-state index contributed by atoms with van der Waals surface area (Å²) < 4.78 is 5.10. The van der Waals surface area contributed by atoms with E-state index in [1.54, 1.807) is 31.2 Å². The molecule has 2 aromatic carbocycles. The number of amides is 3. The highest BCUT2D eigenvalue weighted by atomic mass is 16.5. The first-order valence-corrected chi connectivity index (χ1v) is 10.1. The summed E-state index contributed by atoms with van der Waals surface area (Å²) in [7, 11) is 0. The van der Waals surface area contributed by atoms with Crippen LogP contribution in [0.2, 0.25) is 0 Å². The van der Waals surface area contributed by atoms with Crippen LogP contribution in [-0.2, 0) is 30.3 Å². The fourth-order valence-electron chi connectivity index (χ4n) is 3.40. The van der Waals surface area contributed by atoms with Gasteiger partial charge in [-0.3, -0.25) is 19.2 Å². The highest BCUT2D eigenvalue weighted by Gasteiger charge is 2.30. The van der Waals surface area contributed by atoms with Gasteiger partial charge in [0.05, 0.1) is 24.2 Å². The smallest absolute Gasteiger partial charge is 0.308 e. The average Bonchev–Trinajstić information content (AvgIpc) is 2.87. The van der Waals surface area contributed by atoms with Crippen LogP contribution in [-0.4, -0.2) is 42.9 Å². The molecule has 1 atom stereocenters. The van der Waals surface area contributed by atoms with Crippen LogP contribution in [0, 0.1) is 0 Å². The Kier molecular flexibility index (Phi) is 7.37. The third-order valence-corrected chi connectivity index (χ3v) is 4.84. The summed E-state index contributed by atoms with van der Waals surface area (Å²) in [5.41, 5.74) is 1.99. The normalized spacial score (nSPS) is 15.3. The highest BCUT2D eigenvalue weighted by Crippen LogP contribution is 2.31. The molecule has 8 heteroatoms. The average molecular weight is 423 g/mol. The van der Waals surface area contributed by atoms with E-state index in [2.05, 4.69) is 10.6 Å². The maximum absolute atomic E-state index is 12.8. The van der Waals surface area contributed by atoms with Crippen molar-refractivity contribution in [3.8, 4) is 0 Å². The number of esters is 1. The zero-order chi connectivity index (χ0) is 22.2. The molecule has 3 rings (SSSR count). The quantitative estimate of drug-likeness (QED) is 0.663. The van der Waals surface area contributed by atoms with Crippen molar-refractivity contribution < 1.29 is 23.9 Å². The molecule has 0 aromatic heterocycles. The van der Waals surface area contributed by atoms with Gasteiger partial charge in [0.2, 0.25) is 11.8 Å². The lowest BCUT2D eigenvalue weighted by molar-refractivity contribution is -0.148. The predicted octanol–water partition coefficient (Wildman–Crippen LogP) is 2.04. The molecule has 1 unspecified atom stereocenters. The van der Waals surface area contributed by atoms with E-state index in [0.717, 1.165) is 5.56 Å². The van der Waals surface area contributed by atoms with Crippen LogP contribution in [0.4, 0.5) is 11.4 Å². The minimum Gasteiger partial charge on any atom is -0.455 e. The number of nitrogens with zero attached hydrogens (tertiary/aromatic N) is 1. The molecule has 3 amide bonds. The highest BCUT2D eigenvalue weighted by molar-refractivity contribution is 6.05. The van der Waals surface area contributed by atoms with E-state index in [0.29, 0.717) is 11.4 Å². The van der Waals surface area contributed by atoms with Crippen LogP contribution >= 0.6 is 0 Å². The molecule has 0 bridgehead atoms. The van der Waals surface area contributed by atoms with Crippen LogP contribution in [0.15, 0.2) is 54.6 Å². The molecule has 0 radical (unpaired) electrons. The van der Waals surface area contributed by atoms with Crippen molar-refractivity contribution in [2.45, 2.75) is 32.2 Å². The van der Waals surface area contributed by atoms with Crippen molar-refractivity contribution in [2.75, 3.05) is 23.4 Å². The molecule has 1 heterocycles. The number of fused-ring (bicyclic) bond motifs is 1. The molecule has 2 aromatic rings. The lowest BCUT2D eigenvalue weighted by Crippen LogP contribution is -2.41. The van der Waals surface area contributed by atoms with E-state index in [9.17, 15) is 19.2 Å². The Labute approximate surface area is 180 Å². The summed E-state index contributed by atoms with van der Waals surface area (Å²) in [6.07, 6.45) is 0.329. The molecule has 0 saturated carbocycles. The van der Waals surface area contributed by atoms with Crippen molar-refractivity contribution in [3.63, 3.8) is 0 Å². The lowest BCUT2D eigenvalue weighted by atomic mass is 10.1. The number of nitrogens with one attached hydrogen (secondary N) is 2. The van der Waals surface area contributed by atoms with Gasteiger partial charge in [-0.05, 0) is 24.6 Å². The van der Waals surface area contributed by atoms with Gasteiger partial charge in [-0.15, -0.1) is 0 Å². The Hall–Kier alpha value is -3.68. The summed E-state index contributed by atoms with van der Waals surface area (Å²) in [4.78, 5) is 50.2. The zero-order valence-corrected chi connectivity index (χ0v) is 17.3. The van der Waals surface area contributed by atoms with Gasteiger partial charge in [0.25, 0.3) is 5.91 Å². The summed E-state index contributed by atoms with van der Waals surface area (Å²) in [5.74, 6) is -1.38. The summed E-state index contributed by atoms with van der Waals surface area (Å²) in [6, 6.07) is 15.9. The standard InChI is InChI=1S/C23H25N3O5/c1-16-13-21(28)25-18-9-5-6-10-19(18)26(16)22(29)15-31-23(30)11-12-24-20(27)14-17-7-3-2-4-8-17/h2-10,16H,11-15H2,1H3,(H,24,27)(H,25,28). The minimum absolute atomic E-state index is 0.0417. The van der Waals surface area contributed by atoms with Gasteiger partial charge in [-0.25, -0.2) is 0 Å². The molecule has 162 valence electrons. The monoisotopic (exact) mass is 423 g/mol. The van der Waals surface area contributed by atoms with Crippen LogP contribution in [0.3, 0.4) is 0 Å². The molecule has 0 saturated heterocycles. The van der Waals surface area contributed by atoms with Crippen molar-refractivity contribution in [1.82, 2.24) is 5.32 Å². The predicted molar refractivity (Wildman–Crippen MR) is 115 cm³/mol. The van der Waals surface area contributed by atoms with Crippen molar-refractivity contribution >= 4 is 35.1 Å². The summed E-state index contributed by atoms with van der Waals surface area (Å²) in [5, 5.41) is 5.44. The first-order chi connectivity index (χ1) is 14.9. The molecule has 0 aliphatic carbocycles. The van der Waals surface area contributed by atoms with E-state index in [4.69, 9.17) is 4.74 Å². The largest absolute Gasteiger partial charge is 0.455 e. The Morgan fingerprint density at radius 3 is 2.58 bits per heavy atom. The first kappa shape index (κ1) is 22.0. The molecule has 1 aliphatic rings. The lowest BCUT2D eigenvalue weighted by Gasteiger charge is -2.27. The van der Waals surface area contributed by atoms with Gasteiger partial charge in [0.1, 0.15) is 0 Å². The number of carbonyl (C=O) groups is 4. The zero-order valence-electron chi connectivity index (χ0n) is 17.3. The number of anilines is 2. The van der Waals surface area contributed by atoms with Crippen molar-refractivity contribution in [2.24, 2.45) is 0 Å². The Balaban J connectivity index is 1.47. The fourth-order valence-corrected chi connectivity index (χ4v) is 3.40. The van der Waals surface area contributed by atoms with Crippen molar-refractivity contribution in [3.05, 3.63) is 60.2 Å². The molecular formula is C23H25N3O5. The van der Waals surface area contributed by atoms with Gasteiger partial charge < -0.3 is 20.3 Å². The van der Waals surface area contributed by atoms with Crippen molar-refractivity contribution in [1.29, 1.82) is 0 Å². The Morgan fingerprint density at radius 2 is 1.81 bits per heavy atom. The molecule has 31 heavy (non-hydrogen) atoms. The summed E-state index contributed by atoms with van der Waals surface area (Å²) >= 11 is 0.